The molecule has 1 aliphatic heterocycles. The highest BCUT2D eigenvalue weighted by molar-refractivity contribution is 6.39. The zero-order valence-corrected chi connectivity index (χ0v) is 13.7. The highest BCUT2D eigenvalue weighted by Crippen LogP contribution is 2.16. The summed E-state index contributed by atoms with van der Waals surface area (Å²) in [5.74, 6) is 0.560. The number of hydrogen-bond acceptors (Lipinski definition) is 4. The number of amides is 2. The molecule has 2 amide bonds. The Labute approximate surface area is 140 Å². The number of aromatic nitrogens is 2. The lowest BCUT2D eigenvalue weighted by Crippen LogP contribution is -2.37. The maximum Gasteiger partial charge on any atom is 0.267 e. The molecule has 1 aromatic carbocycles. The molecule has 7 heteroatoms. The molecule has 2 aromatic rings. The predicted molar refractivity (Wildman–Crippen MR) is 89.6 cm³/mol. The topological polar surface area (TPSA) is 79.6 Å². The fourth-order valence-electron chi connectivity index (χ4n) is 2.64. The van der Waals surface area contributed by atoms with Crippen LogP contribution in [0.3, 0.4) is 0 Å². The molecular formula is C17H19N5O2. The maximum atomic E-state index is 12.3. The van der Waals surface area contributed by atoms with Gasteiger partial charge in [-0.1, -0.05) is 18.2 Å². The van der Waals surface area contributed by atoms with Crippen molar-refractivity contribution in [3.63, 3.8) is 0 Å². The minimum Gasteiger partial charge on any atom is -0.347 e. The molecule has 0 radical (unpaired) electrons. The highest BCUT2D eigenvalue weighted by Gasteiger charge is 2.21. The van der Waals surface area contributed by atoms with Crippen LogP contribution in [0.2, 0.25) is 0 Å². The largest absolute Gasteiger partial charge is 0.347 e. The molecule has 0 bridgehead atoms. The molecule has 2 heterocycles. The second kappa shape index (κ2) is 6.66. The van der Waals surface area contributed by atoms with Crippen LogP contribution in [0.1, 0.15) is 24.2 Å². The second-order valence-electron chi connectivity index (χ2n) is 5.62. The molecule has 24 heavy (non-hydrogen) atoms. The van der Waals surface area contributed by atoms with Crippen molar-refractivity contribution in [3.8, 4) is 5.69 Å². The Kier molecular flexibility index (Phi) is 4.41. The minimum atomic E-state index is -0.244. The van der Waals surface area contributed by atoms with Gasteiger partial charge in [0.1, 0.15) is 11.5 Å². The van der Waals surface area contributed by atoms with Crippen LogP contribution < -0.4 is 5.32 Å². The van der Waals surface area contributed by atoms with Gasteiger partial charge in [-0.2, -0.15) is 5.10 Å². The lowest BCUT2D eigenvalue weighted by Gasteiger charge is -2.19. The third-order valence-corrected chi connectivity index (χ3v) is 3.99. The van der Waals surface area contributed by atoms with E-state index in [0.29, 0.717) is 25.1 Å². The SMILES string of the molecule is Cc1nccn1-c1ccccc1CNC(=O)C1=NN(C)C(=O)CC1. The van der Waals surface area contributed by atoms with Crippen LogP contribution in [0.25, 0.3) is 5.69 Å². The highest BCUT2D eigenvalue weighted by atomic mass is 16.2. The molecule has 0 spiro atoms. The molecule has 124 valence electrons. The van der Waals surface area contributed by atoms with Gasteiger partial charge in [-0.25, -0.2) is 9.99 Å². The summed E-state index contributed by atoms with van der Waals surface area (Å²) in [4.78, 5) is 28.0. The van der Waals surface area contributed by atoms with Crippen LogP contribution in [0, 0.1) is 6.92 Å². The van der Waals surface area contributed by atoms with Gasteiger partial charge in [-0.15, -0.1) is 0 Å². The predicted octanol–water partition coefficient (Wildman–Crippen LogP) is 1.41. The van der Waals surface area contributed by atoms with Crippen LogP contribution in [0.4, 0.5) is 0 Å². The van der Waals surface area contributed by atoms with Gasteiger partial charge in [0.05, 0.1) is 5.69 Å². The van der Waals surface area contributed by atoms with E-state index in [1.807, 2.05) is 42.0 Å². The number of carbonyl (C=O) groups excluding carboxylic acids is 2. The Morgan fingerprint density at radius 3 is 2.79 bits per heavy atom. The first-order valence-electron chi connectivity index (χ1n) is 7.76. The van der Waals surface area contributed by atoms with Crippen LogP contribution in [0.15, 0.2) is 41.8 Å². The Morgan fingerprint density at radius 2 is 2.08 bits per heavy atom. The van der Waals surface area contributed by atoms with Crippen molar-refractivity contribution in [2.24, 2.45) is 5.10 Å². The Bertz CT molecular complexity index is 809. The lowest BCUT2D eigenvalue weighted by molar-refractivity contribution is -0.130. The number of para-hydroxylation sites is 1. The maximum absolute atomic E-state index is 12.3. The van der Waals surface area contributed by atoms with Crippen molar-refractivity contribution < 1.29 is 9.59 Å². The van der Waals surface area contributed by atoms with E-state index < -0.39 is 0 Å². The summed E-state index contributed by atoms with van der Waals surface area (Å²) >= 11 is 0. The molecule has 1 aromatic heterocycles. The normalized spacial score (nSPS) is 14.5. The number of carbonyl (C=O) groups is 2. The van der Waals surface area contributed by atoms with E-state index in [9.17, 15) is 9.59 Å². The Balaban J connectivity index is 1.74. The molecule has 1 N–H and O–H groups in total. The quantitative estimate of drug-likeness (QED) is 0.923. The van der Waals surface area contributed by atoms with Crippen LogP contribution in [0.5, 0.6) is 0 Å². The third kappa shape index (κ3) is 3.19. The smallest absolute Gasteiger partial charge is 0.267 e. The molecule has 3 rings (SSSR count). The van der Waals surface area contributed by atoms with Gasteiger partial charge in [-0.3, -0.25) is 9.59 Å². The number of nitrogens with zero attached hydrogens (tertiary/aromatic N) is 4. The van der Waals surface area contributed by atoms with Crippen LogP contribution in [-0.4, -0.2) is 39.1 Å². The average Bonchev–Trinajstić information content (AvgIpc) is 3.01. The van der Waals surface area contributed by atoms with E-state index in [1.54, 1.807) is 13.2 Å². The number of imidazole rings is 1. The summed E-state index contributed by atoms with van der Waals surface area (Å²) < 4.78 is 1.98. The van der Waals surface area contributed by atoms with Gasteiger partial charge < -0.3 is 9.88 Å². The molecule has 0 saturated heterocycles. The van der Waals surface area contributed by atoms with Crippen molar-refractivity contribution in [2.45, 2.75) is 26.3 Å². The third-order valence-electron chi connectivity index (χ3n) is 3.99. The van der Waals surface area contributed by atoms with Crippen molar-refractivity contribution in [2.75, 3.05) is 7.05 Å². The van der Waals surface area contributed by atoms with Crippen LogP contribution in [-0.2, 0) is 16.1 Å². The fraction of sp³-hybridized carbons (Fsp3) is 0.294. The number of rotatable bonds is 4. The first-order valence-corrected chi connectivity index (χ1v) is 7.76. The molecule has 7 nitrogen and oxygen atoms in total. The minimum absolute atomic E-state index is 0.0764. The summed E-state index contributed by atoms with van der Waals surface area (Å²) in [6.07, 6.45) is 4.32. The van der Waals surface area contributed by atoms with Crippen molar-refractivity contribution in [1.82, 2.24) is 19.9 Å². The van der Waals surface area contributed by atoms with Gasteiger partial charge >= 0.3 is 0 Å². The summed E-state index contributed by atoms with van der Waals surface area (Å²) in [7, 11) is 1.56. The van der Waals surface area contributed by atoms with Gasteiger partial charge in [0.25, 0.3) is 5.91 Å². The summed E-state index contributed by atoms with van der Waals surface area (Å²) in [6.45, 7) is 2.31. The van der Waals surface area contributed by atoms with E-state index in [4.69, 9.17) is 0 Å². The molecule has 0 atom stereocenters. The number of benzene rings is 1. The zero-order valence-electron chi connectivity index (χ0n) is 13.7. The number of hydrogen-bond donors (Lipinski definition) is 1. The molecular weight excluding hydrogens is 306 g/mol. The first-order chi connectivity index (χ1) is 11.6. The fourth-order valence-corrected chi connectivity index (χ4v) is 2.64. The Morgan fingerprint density at radius 1 is 1.29 bits per heavy atom. The number of aryl methyl sites for hydroxylation is 1. The zero-order chi connectivity index (χ0) is 17.1. The van der Waals surface area contributed by atoms with E-state index in [1.165, 1.54) is 5.01 Å². The van der Waals surface area contributed by atoms with Gasteiger partial charge in [-0.05, 0) is 18.6 Å². The van der Waals surface area contributed by atoms with E-state index >= 15 is 0 Å². The summed E-state index contributed by atoms with van der Waals surface area (Å²) in [5, 5.41) is 8.14. The molecule has 1 aliphatic rings. The standard InChI is InChI=1S/C17H19N5O2/c1-12-18-9-10-22(12)15-6-4-3-5-13(15)11-19-17(24)14-7-8-16(23)21(2)20-14/h3-6,9-10H,7-8,11H2,1-2H3,(H,19,24). The van der Waals surface area contributed by atoms with Crippen molar-refractivity contribution in [1.29, 1.82) is 0 Å². The van der Waals surface area contributed by atoms with E-state index in [0.717, 1.165) is 17.1 Å². The Hall–Kier alpha value is -2.96. The van der Waals surface area contributed by atoms with E-state index in [2.05, 4.69) is 15.4 Å². The molecule has 0 aliphatic carbocycles. The van der Waals surface area contributed by atoms with Crippen LogP contribution >= 0.6 is 0 Å². The monoisotopic (exact) mass is 325 g/mol. The van der Waals surface area contributed by atoms with Gasteiger partial charge in [0.15, 0.2) is 0 Å². The lowest BCUT2D eigenvalue weighted by atomic mass is 10.1. The number of nitrogens with one attached hydrogen (secondary N) is 1. The summed E-state index contributed by atoms with van der Waals surface area (Å²) in [6, 6.07) is 7.84. The molecule has 0 fully saturated rings. The summed E-state index contributed by atoms with van der Waals surface area (Å²) in [5.41, 5.74) is 2.34. The number of hydrazone groups is 1. The molecule has 0 unspecified atom stereocenters. The first kappa shape index (κ1) is 15.9. The van der Waals surface area contributed by atoms with Gasteiger partial charge in [0, 0.05) is 38.8 Å². The van der Waals surface area contributed by atoms with Crippen molar-refractivity contribution >= 4 is 17.5 Å². The molecule has 0 saturated carbocycles. The van der Waals surface area contributed by atoms with Crippen molar-refractivity contribution in [3.05, 3.63) is 48.0 Å². The van der Waals surface area contributed by atoms with E-state index in [-0.39, 0.29) is 11.8 Å². The van der Waals surface area contributed by atoms with Gasteiger partial charge in [0.2, 0.25) is 5.91 Å². The second-order valence-corrected chi connectivity index (χ2v) is 5.62. The average molecular weight is 325 g/mol.